The van der Waals surface area contributed by atoms with E-state index in [1.165, 1.54) is 10.5 Å². The molecule has 0 saturated carbocycles. The van der Waals surface area contributed by atoms with Crippen molar-refractivity contribution < 1.29 is 8.42 Å². The molecule has 1 aromatic heterocycles. The van der Waals surface area contributed by atoms with E-state index in [1.54, 1.807) is 0 Å². The second-order valence-corrected chi connectivity index (χ2v) is 6.23. The molecule has 0 aliphatic rings. The molecule has 1 unspecified atom stereocenters. The molecule has 0 aliphatic carbocycles. The van der Waals surface area contributed by atoms with Gasteiger partial charge in [0, 0.05) is 12.6 Å². The normalized spacial score (nSPS) is 14.0. The van der Waals surface area contributed by atoms with Crippen LogP contribution in [-0.2, 0) is 10.0 Å². The van der Waals surface area contributed by atoms with Gasteiger partial charge in [-0.15, -0.1) is 0 Å². The lowest BCUT2D eigenvalue weighted by molar-refractivity contribution is 0.324. The monoisotopic (exact) mass is 274 g/mol. The number of sulfonamides is 1. The number of anilines is 1. The molecular formula is C11H22N4O2S. The van der Waals surface area contributed by atoms with Gasteiger partial charge in [-0.1, -0.05) is 20.3 Å². The predicted octanol–water partition coefficient (Wildman–Crippen LogP) is 1.58. The van der Waals surface area contributed by atoms with Crippen LogP contribution in [0, 0.1) is 0 Å². The molecule has 18 heavy (non-hydrogen) atoms. The van der Waals surface area contributed by atoms with Gasteiger partial charge in [0.2, 0.25) is 10.0 Å². The Balaban J connectivity index is 3.07. The molecule has 0 saturated heterocycles. The van der Waals surface area contributed by atoms with Crippen LogP contribution in [-0.4, -0.2) is 35.5 Å². The largest absolute Gasteiger partial charge is 0.383 e. The van der Waals surface area contributed by atoms with Gasteiger partial charge >= 0.3 is 0 Å². The van der Waals surface area contributed by atoms with Gasteiger partial charge in [-0.25, -0.2) is 8.42 Å². The zero-order valence-corrected chi connectivity index (χ0v) is 12.0. The molecule has 104 valence electrons. The van der Waals surface area contributed by atoms with Gasteiger partial charge in [-0.2, -0.15) is 9.40 Å². The van der Waals surface area contributed by atoms with Gasteiger partial charge in [0.05, 0.1) is 6.20 Å². The summed E-state index contributed by atoms with van der Waals surface area (Å²) < 4.78 is 26.5. The standard InChI is InChI=1S/C11H22N4O2S/c1-4-6-7-15(9(3)5-2)18(16,17)10-8-13-14-11(10)12/h8-9H,4-7H2,1-3H3,(H3,12,13,14). The highest BCUT2D eigenvalue weighted by atomic mass is 32.2. The molecule has 0 radical (unpaired) electrons. The van der Waals surface area contributed by atoms with Gasteiger partial charge in [-0.3, -0.25) is 5.10 Å². The number of H-pyrrole nitrogens is 1. The van der Waals surface area contributed by atoms with Crippen LogP contribution in [0.2, 0.25) is 0 Å². The molecule has 1 atom stereocenters. The first kappa shape index (κ1) is 15.0. The zero-order valence-electron chi connectivity index (χ0n) is 11.2. The molecule has 3 N–H and O–H groups in total. The van der Waals surface area contributed by atoms with Crippen molar-refractivity contribution in [1.29, 1.82) is 0 Å². The molecule has 1 heterocycles. The lowest BCUT2D eigenvalue weighted by atomic mass is 10.2. The van der Waals surface area contributed by atoms with Gasteiger partial charge < -0.3 is 5.73 Å². The molecule has 1 rings (SSSR count). The number of nitrogens with one attached hydrogen (secondary N) is 1. The van der Waals surface area contributed by atoms with Crippen LogP contribution in [0.4, 0.5) is 5.82 Å². The predicted molar refractivity (Wildman–Crippen MR) is 71.6 cm³/mol. The summed E-state index contributed by atoms with van der Waals surface area (Å²) in [6.45, 7) is 6.42. The summed E-state index contributed by atoms with van der Waals surface area (Å²) in [5, 5.41) is 6.14. The highest BCUT2D eigenvalue weighted by molar-refractivity contribution is 7.89. The highest BCUT2D eigenvalue weighted by Gasteiger charge is 2.30. The average Bonchev–Trinajstić information content (AvgIpc) is 2.76. The van der Waals surface area contributed by atoms with Crippen LogP contribution in [0.3, 0.4) is 0 Å². The van der Waals surface area contributed by atoms with E-state index in [2.05, 4.69) is 10.2 Å². The first-order valence-electron chi connectivity index (χ1n) is 6.25. The van der Waals surface area contributed by atoms with E-state index in [0.717, 1.165) is 19.3 Å². The second kappa shape index (κ2) is 6.19. The van der Waals surface area contributed by atoms with E-state index in [1.807, 2.05) is 20.8 Å². The molecule has 0 amide bonds. The van der Waals surface area contributed by atoms with Crippen LogP contribution in [0.25, 0.3) is 0 Å². The summed E-state index contributed by atoms with van der Waals surface area (Å²) in [5.74, 6) is 0.0970. The Hall–Kier alpha value is -1.08. The van der Waals surface area contributed by atoms with E-state index >= 15 is 0 Å². The van der Waals surface area contributed by atoms with Crippen molar-refractivity contribution in [2.24, 2.45) is 0 Å². The molecule has 0 bridgehead atoms. The lowest BCUT2D eigenvalue weighted by Crippen LogP contribution is -2.39. The van der Waals surface area contributed by atoms with Gasteiger partial charge in [0.15, 0.2) is 0 Å². The Kier molecular flexibility index (Phi) is 5.15. The first-order valence-corrected chi connectivity index (χ1v) is 7.69. The van der Waals surface area contributed by atoms with E-state index in [0.29, 0.717) is 6.54 Å². The fraction of sp³-hybridized carbons (Fsp3) is 0.727. The minimum atomic E-state index is -3.56. The molecular weight excluding hydrogens is 252 g/mol. The highest BCUT2D eigenvalue weighted by Crippen LogP contribution is 2.23. The SMILES string of the molecule is CCCCN(C(C)CC)S(=O)(=O)c1cn[nH]c1N. The fourth-order valence-electron chi connectivity index (χ4n) is 1.71. The molecule has 0 aromatic carbocycles. The number of hydrogen-bond acceptors (Lipinski definition) is 4. The number of nitrogens with two attached hydrogens (primary N) is 1. The van der Waals surface area contributed by atoms with Gasteiger partial charge in [0.1, 0.15) is 10.7 Å². The fourth-order valence-corrected chi connectivity index (χ4v) is 3.47. The number of nitrogen functional groups attached to an aromatic ring is 1. The summed E-state index contributed by atoms with van der Waals surface area (Å²) in [4.78, 5) is 0.0684. The van der Waals surface area contributed by atoms with Crippen molar-refractivity contribution in [3.8, 4) is 0 Å². The molecule has 1 aromatic rings. The Labute approximate surface area is 109 Å². The minimum Gasteiger partial charge on any atom is -0.383 e. The van der Waals surface area contributed by atoms with Crippen molar-refractivity contribution in [2.45, 2.75) is 51.0 Å². The van der Waals surface area contributed by atoms with Crippen LogP contribution in [0.5, 0.6) is 0 Å². The van der Waals surface area contributed by atoms with E-state index in [-0.39, 0.29) is 16.8 Å². The second-order valence-electron chi connectivity index (χ2n) is 4.37. The lowest BCUT2D eigenvalue weighted by Gasteiger charge is -2.27. The van der Waals surface area contributed by atoms with Crippen molar-refractivity contribution in [1.82, 2.24) is 14.5 Å². The van der Waals surface area contributed by atoms with Crippen molar-refractivity contribution in [3.05, 3.63) is 6.20 Å². The summed E-state index contributed by atoms with van der Waals surface area (Å²) in [6, 6.07) is -0.0455. The molecule has 0 aliphatic heterocycles. The summed E-state index contributed by atoms with van der Waals surface area (Å²) in [5.41, 5.74) is 5.61. The number of aromatic nitrogens is 2. The number of nitrogens with zero attached hydrogens (tertiary/aromatic N) is 2. The van der Waals surface area contributed by atoms with Crippen molar-refractivity contribution in [2.75, 3.05) is 12.3 Å². The Morgan fingerprint density at radius 1 is 1.50 bits per heavy atom. The maximum Gasteiger partial charge on any atom is 0.248 e. The third kappa shape index (κ3) is 3.02. The van der Waals surface area contributed by atoms with Crippen molar-refractivity contribution in [3.63, 3.8) is 0 Å². The quantitative estimate of drug-likeness (QED) is 0.789. The van der Waals surface area contributed by atoms with Crippen molar-refractivity contribution >= 4 is 15.8 Å². The van der Waals surface area contributed by atoms with Gasteiger partial charge in [-0.05, 0) is 19.8 Å². The van der Waals surface area contributed by atoms with Crippen LogP contribution >= 0.6 is 0 Å². The van der Waals surface area contributed by atoms with E-state index in [4.69, 9.17) is 5.73 Å². The molecule has 6 nitrogen and oxygen atoms in total. The smallest absolute Gasteiger partial charge is 0.248 e. The summed E-state index contributed by atoms with van der Waals surface area (Å²) >= 11 is 0. The molecule has 7 heteroatoms. The zero-order chi connectivity index (χ0) is 13.8. The van der Waals surface area contributed by atoms with Crippen LogP contribution in [0.15, 0.2) is 11.1 Å². The Morgan fingerprint density at radius 2 is 2.17 bits per heavy atom. The summed E-state index contributed by atoms with van der Waals surface area (Å²) in [7, 11) is -3.56. The van der Waals surface area contributed by atoms with Crippen LogP contribution < -0.4 is 5.73 Å². The van der Waals surface area contributed by atoms with E-state index in [9.17, 15) is 8.42 Å². The van der Waals surface area contributed by atoms with E-state index < -0.39 is 10.0 Å². The van der Waals surface area contributed by atoms with Crippen LogP contribution in [0.1, 0.15) is 40.0 Å². The Bertz CT molecular complexity index is 469. The third-order valence-electron chi connectivity index (χ3n) is 3.03. The number of unbranched alkanes of at least 4 members (excludes halogenated alkanes) is 1. The van der Waals surface area contributed by atoms with Gasteiger partial charge in [0.25, 0.3) is 0 Å². The number of rotatable bonds is 7. The first-order chi connectivity index (χ1) is 8.45. The third-order valence-corrected chi connectivity index (χ3v) is 5.07. The summed E-state index contributed by atoms with van der Waals surface area (Å²) in [6.07, 6.45) is 3.82. The number of hydrogen-bond donors (Lipinski definition) is 2. The molecule has 0 fully saturated rings. The maximum absolute atomic E-state index is 12.5. The molecule has 0 spiro atoms. The number of aromatic amines is 1. The topological polar surface area (TPSA) is 92.1 Å². The maximum atomic E-state index is 12.5. The average molecular weight is 274 g/mol. The minimum absolute atomic E-state index is 0.0455. The Morgan fingerprint density at radius 3 is 2.61 bits per heavy atom.